The van der Waals surface area contributed by atoms with Gasteiger partial charge in [0.1, 0.15) is 4.66 Å². The molecule has 23 heavy (non-hydrogen) atoms. The lowest BCUT2D eigenvalue weighted by Crippen LogP contribution is -2.36. The molecule has 0 radical (unpaired) electrons. The zero-order valence-corrected chi connectivity index (χ0v) is 13.7. The van der Waals surface area contributed by atoms with E-state index in [0.717, 1.165) is 31.9 Å². The first kappa shape index (κ1) is 15.5. The minimum Gasteiger partial charge on any atom is -0.378 e. The Morgan fingerprint density at radius 3 is 2.61 bits per heavy atom. The predicted molar refractivity (Wildman–Crippen MR) is 91.9 cm³/mol. The summed E-state index contributed by atoms with van der Waals surface area (Å²) in [6.07, 6.45) is 3.26. The molecule has 0 N–H and O–H groups in total. The van der Waals surface area contributed by atoms with Crippen LogP contribution in [0, 0.1) is 11.3 Å². The SMILES string of the molecule is Cn1c(=O)/c(=C\c2ccc(N3CCOCC3)cc2)s/c1=C\C#N. The monoisotopic (exact) mass is 327 g/mol. The first-order chi connectivity index (χ1) is 11.2. The van der Waals surface area contributed by atoms with Gasteiger partial charge in [-0.2, -0.15) is 5.26 Å². The zero-order chi connectivity index (χ0) is 16.2. The molecule has 2 heterocycles. The molecule has 1 aliphatic heterocycles. The molecule has 0 aliphatic carbocycles. The van der Waals surface area contributed by atoms with E-state index >= 15 is 0 Å². The van der Waals surface area contributed by atoms with E-state index in [1.165, 1.54) is 27.7 Å². The standard InChI is InChI=1S/C17H17N3O2S/c1-19-16(6-7-18)23-15(17(19)21)12-13-2-4-14(5-3-13)20-8-10-22-11-9-20/h2-6,12H,8-11H2,1H3/b15-12+,16-6-. The van der Waals surface area contributed by atoms with Crippen molar-refractivity contribution in [3.8, 4) is 6.07 Å². The molecule has 5 nitrogen and oxygen atoms in total. The molecule has 1 aromatic heterocycles. The van der Waals surface area contributed by atoms with Gasteiger partial charge in [0.25, 0.3) is 5.56 Å². The highest BCUT2D eigenvalue weighted by Crippen LogP contribution is 2.16. The number of rotatable bonds is 2. The number of hydrogen-bond acceptors (Lipinski definition) is 5. The second kappa shape index (κ2) is 6.82. The van der Waals surface area contributed by atoms with E-state index < -0.39 is 0 Å². The summed E-state index contributed by atoms with van der Waals surface area (Å²) in [4.78, 5) is 14.5. The maximum absolute atomic E-state index is 12.2. The molecule has 0 saturated carbocycles. The molecule has 0 atom stereocenters. The normalized spacial score (nSPS) is 16.6. The first-order valence-electron chi connectivity index (χ1n) is 7.39. The van der Waals surface area contributed by atoms with Crippen molar-refractivity contribution >= 4 is 29.2 Å². The van der Waals surface area contributed by atoms with Gasteiger partial charge in [-0.3, -0.25) is 4.79 Å². The highest BCUT2D eigenvalue weighted by atomic mass is 32.1. The Morgan fingerprint density at radius 1 is 1.26 bits per heavy atom. The molecule has 0 bridgehead atoms. The van der Waals surface area contributed by atoms with E-state index in [9.17, 15) is 4.79 Å². The summed E-state index contributed by atoms with van der Waals surface area (Å²) in [5.41, 5.74) is 2.07. The summed E-state index contributed by atoms with van der Waals surface area (Å²) in [5.74, 6) is 0. The molecule has 1 aliphatic rings. The van der Waals surface area contributed by atoms with E-state index in [2.05, 4.69) is 17.0 Å². The summed E-state index contributed by atoms with van der Waals surface area (Å²) < 4.78 is 8.16. The summed E-state index contributed by atoms with van der Waals surface area (Å²) in [6, 6.07) is 10.1. The minimum atomic E-state index is -0.0752. The van der Waals surface area contributed by atoms with Gasteiger partial charge in [0, 0.05) is 31.9 Å². The number of nitrogens with zero attached hydrogens (tertiary/aromatic N) is 3. The smallest absolute Gasteiger partial charge is 0.268 e. The van der Waals surface area contributed by atoms with Crippen LogP contribution in [0.15, 0.2) is 29.1 Å². The molecule has 1 saturated heterocycles. The molecule has 0 unspecified atom stereocenters. The van der Waals surface area contributed by atoms with Crippen LogP contribution in [0.3, 0.4) is 0 Å². The van der Waals surface area contributed by atoms with Gasteiger partial charge in [-0.05, 0) is 23.8 Å². The summed E-state index contributed by atoms with van der Waals surface area (Å²) >= 11 is 1.33. The van der Waals surface area contributed by atoms with E-state index in [-0.39, 0.29) is 5.56 Å². The van der Waals surface area contributed by atoms with Gasteiger partial charge in [-0.1, -0.05) is 12.1 Å². The number of morpholine rings is 1. The third-order valence-electron chi connectivity index (χ3n) is 3.82. The Hall–Kier alpha value is -2.36. The Labute approximate surface area is 138 Å². The average molecular weight is 327 g/mol. The second-order valence-electron chi connectivity index (χ2n) is 5.28. The molecular formula is C17H17N3O2S. The fourth-order valence-corrected chi connectivity index (χ4v) is 3.49. The third-order valence-corrected chi connectivity index (χ3v) is 4.93. The molecular weight excluding hydrogens is 310 g/mol. The van der Waals surface area contributed by atoms with Crippen molar-refractivity contribution in [3.63, 3.8) is 0 Å². The van der Waals surface area contributed by atoms with Crippen LogP contribution in [0.25, 0.3) is 12.2 Å². The van der Waals surface area contributed by atoms with Crippen molar-refractivity contribution in [3.05, 3.63) is 49.4 Å². The molecule has 3 rings (SSSR count). The third kappa shape index (κ3) is 3.36. The van der Waals surface area contributed by atoms with E-state index in [1.807, 2.05) is 24.3 Å². The van der Waals surface area contributed by atoms with Gasteiger partial charge in [-0.25, -0.2) is 0 Å². The molecule has 6 heteroatoms. The molecule has 1 aromatic carbocycles. The van der Waals surface area contributed by atoms with Crippen LogP contribution in [-0.4, -0.2) is 30.9 Å². The van der Waals surface area contributed by atoms with Crippen LogP contribution < -0.4 is 19.7 Å². The van der Waals surface area contributed by atoms with Gasteiger partial charge in [0.2, 0.25) is 0 Å². The van der Waals surface area contributed by atoms with Gasteiger partial charge in [-0.15, -0.1) is 11.3 Å². The number of thiazole rings is 1. The Balaban J connectivity index is 1.92. The maximum Gasteiger partial charge on any atom is 0.268 e. The Kier molecular flexibility index (Phi) is 4.60. The van der Waals surface area contributed by atoms with E-state index in [4.69, 9.17) is 10.00 Å². The fourth-order valence-electron chi connectivity index (χ4n) is 2.52. The van der Waals surface area contributed by atoms with Crippen LogP contribution >= 0.6 is 11.3 Å². The van der Waals surface area contributed by atoms with Crippen molar-refractivity contribution < 1.29 is 4.74 Å². The number of aromatic nitrogens is 1. The summed E-state index contributed by atoms with van der Waals surface area (Å²) in [7, 11) is 1.68. The van der Waals surface area contributed by atoms with Crippen molar-refractivity contribution in [2.45, 2.75) is 0 Å². The van der Waals surface area contributed by atoms with Crippen molar-refractivity contribution in [2.24, 2.45) is 7.05 Å². The van der Waals surface area contributed by atoms with Gasteiger partial charge >= 0.3 is 0 Å². The molecule has 0 amide bonds. The van der Waals surface area contributed by atoms with Gasteiger partial charge in [0.05, 0.1) is 23.8 Å². The van der Waals surface area contributed by atoms with Crippen molar-refractivity contribution in [1.82, 2.24) is 4.57 Å². The fraction of sp³-hybridized carbons (Fsp3) is 0.294. The molecule has 2 aromatic rings. The van der Waals surface area contributed by atoms with Crippen molar-refractivity contribution in [2.75, 3.05) is 31.2 Å². The first-order valence-corrected chi connectivity index (χ1v) is 8.21. The number of nitriles is 1. The number of ether oxygens (including phenoxy) is 1. The summed E-state index contributed by atoms with van der Waals surface area (Å²) in [6.45, 7) is 3.33. The second-order valence-corrected chi connectivity index (χ2v) is 6.34. The Bertz CT molecular complexity index is 897. The summed E-state index contributed by atoms with van der Waals surface area (Å²) in [5, 5.41) is 8.75. The lowest BCUT2D eigenvalue weighted by atomic mass is 10.2. The largest absolute Gasteiger partial charge is 0.378 e. The quantitative estimate of drug-likeness (QED) is 0.802. The molecule has 1 fully saturated rings. The van der Waals surface area contributed by atoms with E-state index in [0.29, 0.717) is 9.20 Å². The van der Waals surface area contributed by atoms with Crippen LogP contribution in [0.4, 0.5) is 5.69 Å². The van der Waals surface area contributed by atoms with Gasteiger partial charge < -0.3 is 14.2 Å². The lowest BCUT2D eigenvalue weighted by molar-refractivity contribution is 0.122. The minimum absolute atomic E-state index is 0.0752. The zero-order valence-electron chi connectivity index (χ0n) is 12.9. The van der Waals surface area contributed by atoms with Crippen molar-refractivity contribution in [1.29, 1.82) is 5.26 Å². The Morgan fingerprint density at radius 2 is 1.96 bits per heavy atom. The predicted octanol–water partition coefficient (Wildman–Crippen LogP) is 0.416. The highest BCUT2D eigenvalue weighted by molar-refractivity contribution is 7.07. The topological polar surface area (TPSA) is 58.3 Å². The van der Waals surface area contributed by atoms with E-state index in [1.54, 1.807) is 7.05 Å². The number of benzene rings is 1. The number of hydrogen-bond donors (Lipinski definition) is 0. The lowest BCUT2D eigenvalue weighted by Gasteiger charge is -2.28. The van der Waals surface area contributed by atoms with Crippen LogP contribution in [0.5, 0.6) is 0 Å². The van der Waals surface area contributed by atoms with Gasteiger partial charge in [0.15, 0.2) is 0 Å². The van der Waals surface area contributed by atoms with Crippen LogP contribution in [-0.2, 0) is 11.8 Å². The molecule has 118 valence electrons. The number of anilines is 1. The molecule has 0 spiro atoms. The van der Waals surface area contributed by atoms with Crippen LogP contribution in [0.2, 0.25) is 0 Å². The maximum atomic E-state index is 12.2. The average Bonchev–Trinajstić information content (AvgIpc) is 2.85. The highest BCUT2D eigenvalue weighted by Gasteiger charge is 2.10. The van der Waals surface area contributed by atoms with Crippen LogP contribution in [0.1, 0.15) is 5.56 Å².